The first-order chi connectivity index (χ1) is 25.0. The summed E-state index contributed by atoms with van der Waals surface area (Å²) in [5, 5.41) is 0. The van der Waals surface area contributed by atoms with Gasteiger partial charge in [-0.25, -0.2) is 0 Å². The topological polar surface area (TPSA) is 111 Å². The zero-order valence-corrected chi connectivity index (χ0v) is 35.4. The van der Waals surface area contributed by atoms with Crippen LogP contribution in [0.3, 0.4) is 0 Å². The van der Waals surface area contributed by atoms with Crippen LogP contribution in [0.5, 0.6) is 0 Å². The van der Waals surface area contributed by atoms with Gasteiger partial charge in [0.2, 0.25) is 0 Å². The number of carbonyl (C=O) groups is 2. The van der Waals surface area contributed by atoms with Crippen molar-refractivity contribution in [2.75, 3.05) is 47.5 Å². The summed E-state index contributed by atoms with van der Waals surface area (Å²) in [7, 11) is 1.17. The van der Waals surface area contributed by atoms with Crippen molar-refractivity contribution in [1.29, 1.82) is 0 Å². The highest BCUT2D eigenvalue weighted by Gasteiger charge is 2.21. The second kappa shape index (κ2) is 35.5. The Labute approximate surface area is 320 Å². The molecule has 0 radical (unpaired) electrons. The van der Waals surface area contributed by atoms with Crippen LogP contribution >= 0.6 is 7.82 Å². The number of allylic oxidation sites excluding steroid dienone is 2. The van der Waals surface area contributed by atoms with Crippen molar-refractivity contribution in [3.63, 3.8) is 0 Å². The van der Waals surface area contributed by atoms with Crippen LogP contribution in [0.1, 0.15) is 194 Å². The van der Waals surface area contributed by atoms with E-state index < -0.39 is 26.5 Å². The minimum atomic E-state index is -4.62. The van der Waals surface area contributed by atoms with Gasteiger partial charge in [0.1, 0.15) is 19.8 Å². The number of esters is 2. The van der Waals surface area contributed by atoms with Gasteiger partial charge >= 0.3 is 11.9 Å². The zero-order valence-electron chi connectivity index (χ0n) is 34.5. The molecule has 1 unspecified atom stereocenters. The van der Waals surface area contributed by atoms with Gasteiger partial charge in [-0.1, -0.05) is 154 Å². The molecule has 0 aromatic carbocycles. The minimum absolute atomic E-state index is 0.0294. The third kappa shape index (κ3) is 38.5. The Morgan fingerprint density at radius 1 is 0.577 bits per heavy atom. The number of hydrogen-bond acceptors (Lipinski definition) is 8. The monoisotopic (exact) mass is 760 g/mol. The molecule has 0 saturated carbocycles. The Morgan fingerprint density at radius 2 is 0.981 bits per heavy atom. The summed E-state index contributed by atoms with van der Waals surface area (Å²) in [5.74, 6) is -0.837. The molecule has 0 aliphatic heterocycles. The number of hydrogen-bond donors (Lipinski definition) is 0. The summed E-state index contributed by atoms with van der Waals surface area (Å²) < 4.78 is 33.8. The average molecular weight is 760 g/mol. The van der Waals surface area contributed by atoms with Crippen LogP contribution in [-0.4, -0.2) is 70.0 Å². The van der Waals surface area contributed by atoms with Gasteiger partial charge in [0.15, 0.2) is 6.10 Å². The molecule has 52 heavy (non-hydrogen) atoms. The normalized spacial score (nSPS) is 13.7. The predicted molar refractivity (Wildman–Crippen MR) is 213 cm³/mol. The third-order valence-corrected chi connectivity index (χ3v) is 10.2. The fraction of sp³-hybridized carbons (Fsp3) is 0.905. The second-order valence-electron chi connectivity index (χ2n) is 15.7. The zero-order chi connectivity index (χ0) is 38.6. The molecule has 0 heterocycles. The summed E-state index contributed by atoms with van der Waals surface area (Å²) in [6.07, 6.45) is 35.1. The van der Waals surface area contributed by atoms with E-state index in [0.717, 1.165) is 51.4 Å². The number of carbonyl (C=O) groups excluding carboxylic acids is 2. The third-order valence-electron chi connectivity index (χ3n) is 9.29. The van der Waals surface area contributed by atoms with Crippen LogP contribution < -0.4 is 4.89 Å². The maximum Gasteiger partial charge on any atom is 0.306 e. The van der Waals surface area contributed by atoms with Crippen LogP contribution in [0.4, 0.5) is 0 Å². The average Bonchev–Trinajstić information content (AvgIpc) is 3.09. The quantitative estimate of drug-likeness (QED) is 0.0200. The van der Waals surface area contributed by atoms with E-state index in [4.69, 9.17) is 18.5 Å². The number of ether oxygens (including phenoxy) is 2. The number of quaternary nitrogens is 1. The van der Waals surface area contributed by atoms with E-state index in [1.54, 1.807) is 0 Å². The lowest BCUT2D eigenvalue weighted by molar-refractivity contribution is -0.870. The van der Waals surface area contributed by atoms with E-state index in [9.17, 15) is 19.0 Å². The summed E-state index contributed by atoms with van der Waals surface area (Å²) in [6.45, 7) is 4.22. The van der Waals surface area contributed by atoms with Gasteiger partial charge in [0.25, 0.3) is 7.82 Å². The number of unbranched alkanes of at least 4 members (excludes halogenated alkanes) is 23. The molecule has 0 bridgehead atoms. The molecule has 0 N–H and O–H groups in total. The Balaban J connectivity index is 4.37. The lowest BCUT2D eigenvalue weighted by Gasteiger charge is -2.28. The molecule has 0 saturated heterocycles. The first kappa shape index (κ1) is 50.8. The molecule has 10 heteroatoms. The van der Waals surface area contributed by atoms with Crippen LogP contribution in [-0.2, 0) is 32.7 Å². The number of likely N-dealkylation sites (N-methyl/N-ethyl adjacent to an activating group) is 1. The van der Waals surface area contributed by atoms with E-state index >= 15 is 0 Å². The maximum absolute atomic E-state index is 12.6. The lowest BCUT2D eigenvalue weighted by atomic mass is 10.0. The van der Waals surface area contributed by atoms with Gasteiger partial charge in [-0.05, 0) is 38.5 Å². The van der Waals surface area contributed by atoms with Crippen LogP contribution in [0.25, 0.3) is 0 Å². The second-order valence-corrected chi connectivity index (χ2v) is 17.1. The molecule has 0 aliphatic rings. The summed E-state index contributed by atoms with van der Waals surface area (Å²) in [6, 6.07) is 0. The molecule has 2 atom stereocenters. The van der Waals surface area contributed by atoms with E-state index in [1.165, 1.54) is 109 Å². The van der Waals surface area contributed by atoms with Crippen molar-refractivity contribution in [1.82, 2.24) is 0 Å². The van der Waals surface area contributed by atoms with Gasteiger partial charge < -0.3 is 27.9 Å². The van der Waals surface area contributed by atoms with Gasteiger partial charge in [-0.2, -0.15) is 0 Å². The van der Waals surface area contributed by atoms with Gasteiger partial charge in [-0.15, -0.1) is 0 Å². The van der Waals surface area contributed by atoms with E-state index in [-0.39, 0.29) is 32.0 Å². The van der Waals surface area contributed by atoms with E-state index in [0.29, 0.717) is 17.4 Å². The molecule has 0 aromatic heterocycles. The Hall–Kier alpha value is -1.25. The van der Waals surface area contributed by atoms with Gasteiger partial charge in [0.05, 0.1) is 27.7 Å². The molecule has 0 aliphatic carbocycles. The highest BCUT2D eigenvalue weighted by atomic mass is 31.2. The van der Waals surface area contributed by atoms with E-state index in [1.807, 2.05) is 21.1 Å². The van der Waals surface area contributed by atoms with Gasteiger partial charge in [0, 0.05) is 12.8 Å². The maximum atomic E-state index is 12.6. The Bertz CT molecular complexity index is 907. The standard InChI is InChI=1S/C42H82NO8P/c1-6-8-10-12-14-16-18-20-21-23-25-27-29-31-33-35-42(45)51-40(39-50-52(46,47)49-37-36-43(3,4)5)38-48-41(44)34-32-30-28-26-24-22-19-17-15-13-11-9-7-2/h20-21,40H,6-19,22-39H2,1-5H3/t40-/m1/s1. The molecule has 0 spiro atoms. The fourth-order valence-electron chi connectivity index (χ4n) is 5.88. The van der Waals surface area contributed by atoms with Crippen molar-refractivity contribution in [2.24, 2.45) is 0 Å². The Kier molecular flexibility index (Phi) is 34.6. The van der Waals surface area contributed by atoms with Gasteiger partial charge in [-0.3, -0.25) is 14.2 Å². The molecule has 0 aromatic rings. The van der Waals surface area contributed by atoms with Crippen molar-refractivity contribution in [2.45, 2.75) is 200 Å². The largest absolute Gasteiger partial charge is 0.756 e. The first-order valence-electron chi connectivity index (χ1n) is 21.4. The highest BCUT2D eigenvalue weighted by molar-refractivity contribution is 7.45. The van der Waals surface area contributed by atoms with E-state index in [2.05, 4.69) is 26.0 Å². The van der Waals surface area contributed by atoms with Crippen molar-refractivity contribution in [3.8, 4) is 0 Å². The minimum Gasteiger partial charge on any atom is -0.756 e. The fourth-order valence-corrected chi connectivity index (χ4v) is 6.61. The number of phosphoric acid groups is 1. The molecule has 308 valence electrons. The van der Waals surface area contributed by atoms with Crippen LogP contribution in [0.15, 0.2) is 12.2 Å². The molecular weight excluding hydrogens is 677 g/mol. The van der Waals surface area contributed by atoms with Crippen molar-refractivity contribution < 1.29 is 42.1 Å². The predicted octanol–water partition coefficient (Wildman–Crippen LogP) is 11.2. The lowest BCUT2D eigenvalue weighted by Crippen LogP contribution is -2.37. The number of phosphoric ester groups is 1. The SMILES string of the molecule is CCCCCCCCC=CCCCCCCCC(=O)O[C@H](COC(=O)CCCCCCCCCCCCCCC)COP(=O)([O-])OCC[N+](C)(C)C. The van der Waals surface area contributed by atoms with Crippen molar-refractivity contribution >= 4 is 19.8 Å². The highest BCUT2D eigenvalue weighted by Crippen LogP contribution is 2.38. The number of nitrogens with zero attached hydrogens (tertiary/aromatic N) is 1. The van der Waals surface area contributed by atoms with Crippen molar-refractivity contribution in [3.05, 3.63) is 12.2 Å². The number of rotatable bonds is 39. The smallest absolute Gasteiger partial charge is 0.306 e. The first-order valence-corrected chi connectivity index (χ1v) is 22.9. The molecule has 0 fully saturated rings. The molecule has 0 rings (SSSR count). The molecule has 0 amide bonds. The molecular formula is C42H82NO8P. The van der Waals surface area contributed by atoms with Crippen LogP contribution in [0.2, 0.25) is 0 Å². The summed E-state index contributed by atoms with van der Waals surface area (Å²) in [5.41, 5.74) is 0. The van der Waals surface area contributed by atoms with Crippen LogP contribution in [0, 0.1) is 0 Å². The Morgan fingerprint density at radius 3 is 1.42 bits per heavy atom. The summed E-state index contributed by atoms with van der Waals surface area (Å²) >= 11 is 0. The summed E-state index contributed by atoms with van der Waals surface area (Å²) in [4.78, 5) is 37.4. The molecule has 9 nitrogen and oxygen atoms in total.